The SMILES string of the molecule is COc1ccc(C(C)N2CCc3cncnc3C2)cc1Cl. The normalized spacial score (nSPS) is 16.3. The van der Waals surface area contributed by atoms with Gasteiger partial charge in [-0.05, 0) is 36.6 Å². The Morgan fingerprint density at radius 3 is 3.00 bits per heavy atom. The van der Waals surface area contributed by atoms with Crippen molar-refractivity contribution in [2.45, 2.75) is 25.9 Å². The number of hydrogen-bond acceptors (Lipinski definition) is 4. The molecule has 1 atom stereocenters. The second-order valence-corrected chi connectivity index (χ2v) is 5.69. The summed E-state index contributed by atoms with van der Waals surface area (Å²) in [5.74, 6) is 0.712. The van der Waals surface area contributed by atoms with E-state index < -0.39 is 0 Å². The third-order valence-corrected chi connectivity index (χ3v) is 4.40. The molecule has 0 fully saturated rings. The molecular weight excluding hydrogens is 286 g/mol. The van der Waals surface area contributed by atoms with Crippen molar-refractivity contribution in [3.05, 3.63) is 52.6 Å². The third kappa shape index (κ3) is 2.87. The number of nitrogens with zero attached hydrogens (tertiary/aromatic N) is 3. The molecule has 0 amide bonds. The minimum Gasteiger partial charge on any atom is -0.495 e. The highest BCUT2D eigenvalue weighted by Crippen LogP contribution is 2.31. The number of fused-ring (bicyclic) bond motifs is 1. The van der Waals surface area contributed by atoms with Crippen molar-refractivity contribution >= 4 is 11.6 Å². The zero-order valence-electron chi connectivity index (χ0n) is 12.2. The Morgan fingerprint density at radius 1 is 1.38 bits per heavy atom. The molecule has 1 unspecified atom stereocenters. The van der Waals surface area contributed by atoms with Crippen LogP contribution in [0.25, 0.3) is 0 Å². The molecule has 0 aliphatic carbocycles. The van der Waals surface area contributed by atoms with Gasteiger partial charge in [0.05, 0.1) is 17.8 Å². The van der Waals surface area contributed by atoms with Crippen LogP contribution in [0.3, 0.4) is 0 Å². The van der Waals surface area contributed by atoms with Crippen LogP contribution in [0.15, 0.2) is 30.7 Å². The van der Waals surface area contributed by atoms with Crippen LogP contribution in [0.1, 0.15) is 29.8 Å². The van der Waals surface area contributed by atoms with Crippen LogP contribution in [0.2, 0.25) is 5.02 Å². The standard InChI is InChI=1S/C16H18ClN3O/c1-11(12-3-4-16(21-2)14(17)7-12)20-6-5-13-8-18-10-19-15(13)9-20/h3-4,7-8,10-11H,5-6,9H2,1-2H3. The average molecular weight is 304 g/mol. The summed E-state index contributed by atoms with van der Waals surface area (Å²) in [4.78, 5) is 10.9. The first kappa shape index (κ1) is 14.3. The fourth-order valence-electron chi connectivity index (χ4n) is 2.75. The van der Waals surface area contributed by atoms with Gasteiger partial charge in [0.1, 0.15) is 12.1 Å². The first-order valence-electron chi connectivity index (χ1n) is 7.04. The molecule has 5 heteroatoms. The summed E-state index contributed by atoms with van der Waals surface area (Å²) < 4.78 is 5.21. The van der Waals surface area contributed by atoms with E-state index in [9.17, 15) is 0 Å². The number of aromatic nitrogens is 2. The minimum atomic E-state index is 0.288. The van der Waals surface area contributed by atoms with Gasteiger partial charge < -0.3 is 4.74 Å². The predicted octanol–water partition coefficient (Wildman–Crippen LogP) is 3.26. The molecule has 0 saturated carbocycles. The Morgan fingerprint density at radius 2 is 2.24 bits per heavy atom. The number of halogens is 1. The molecule has 0 spiro atoms. The molecule has 0 saturated heterocycles. The molecule has 21 heavy (non-hydrogen) atoms. The van der Waals surface area contributed by atoms with Crippen LogP contribution in [0.4, 0.5) is 0 Å². The smallest absolute Gasteiger partial charge is 0.137 e. The van der Waals surface area contributed by atoms with Crippen LogP contribution >= 0.6 is 11.6 Å². The van der Waals surface area contributed by atoms with Gasteiger partial charge in [-0.25, -0.2) is 9.97 Å². The number of ether oxygens (including phenoxy) is 1. The summed E-state index contributed by atoms with van der Waals surface area (Å²) in [6.45, 7) is 4.05. The summed E-state index contributed by atoms with van der Waals surface area (Å²) in [5, 5.41) is 0.654. The van der Waals surface area contributed by atoms with Gasteiger partial charge >= 0.3 is 0 Å². The van der Waals surface area contributed by atoms with Crippen molar-refractivity contribution in [2.75, 3.05) is 13.7 Å². The lowest BCUT2D eigenvalue weighted by atomic mass is 10.0. The zero-order chi connectivity index (χ0) is 14.8. The molecular formula is C16H18ClN3O. The van der Waals surface area contributed by atoms with Gasteiger partial charge in [-0.2, -0.15) is 0 Å². The molecule has 1 aromatic heterocycles. The Bertz CT molecular complexity index is 647. The van der Waals surface area contributed by atoms with E-state index in [0.29, 0.717) is 10.8 Å². The summed E-state index contributed by atoms with van der Waals surface area (Å²) in [6.07, 6.45) is 4.54. The Kier molecular flexibility index (Phi) is 4.08. The second kappa shape index (κ2) is 6.00. The van der Waals surface area contributed by atoms with E-state index in [2.05, 4.69) is 27.9 Å². The molecule has 2 aromatic rings. The fourth-order valence-corrected chi connectivity index (χ4v) is 3.02. The zero-order valence-corrected chi connectivity index (χ0v) is 13.0. The number of rotatable bonds is 3. The van der Waals surface area contributed by atoms with Crippen molar-refractivity contribution in [3.8, 4) is 5.75 Å². The van der Waals surface area contributed by atoms with Crippen LogP contribution in [0, 0.1) is 0 Å². The number of methoxy groups -OCH3 is 1. The summed E-state index contributed by atoms with van der Waals surface area (Å²) in [6, 6.07) is 6.27. The van der Waals surface area contributed by atoms with Crippen molar-refractivity contribution in [3.63, 3.8) is 0 Å². The average Bonchev–Trinajstić information content (AvgIpc) is 2.53. The monoisotopic (exact) mass is 303 g/mol. The number of hydrogen-bond donors (Lipinski definition) is 0. The summed E-state index contributed by atoms with van der Waals surface area (Å²) in [5.41, 5.74) is 3.58. The largest absolute Gasteiger partial charge is 0.495 e. The Labute approximate surface area is 129 Å². The molecule has 1 aliphatic rings. The van der Waals surface area contributed by atoms with E-state index >= 15 is 0 Å². The molecule has 3 rings (SSSR count). The third-order valence-electron chi connectivity index (χ3n) is 4.11. The van der Waals surface area contributed by atoms with Crippen molar-refractivity contribution in [1.29, 1.82) is 0 Å². The molecule has 0 bridgehead atoms. The second-order valence-electron chi connectivity index (χ2n) is 5.29. The molecule has 110 valence electrons. The lowest BCUT2D eigenvalue weighted by Crippen LogP contribution is -2.33. The highest BCUT2D eigenvalue weighted by molar-refractivity contribution is 6.32. The molecule has 0 N–H and O–H groups in total. The van der Waals surface area contributed by atoms with E-state index in [4.69, 9.17) is 16.3 Å². The van der Waals surface area contributed by atoms with Crippen molar-refractivity contribution in [2.24, 2.45) is 0 Å². The van der Waals surface area contributed by atoms with Crippen LogP contribution in [-0.4, -0.2) is 28.5 Å². The van der Waals surface area contributed by atoms with Gasteiger partial charge in [0, 0.05) is 25.3 Å². The summed E-state index contributed by atoms with van der Waals surface area (Å²) in [7, 11) is 1.63. The maximum Gasteiger partial charge on any atom is 0.137 e. The molecule has 0 radical (unpaired) electrons. The van der Waals surface area contributed by atoms with Crippen LogP contribution < -0.4 is 4.74 Å². The Balaban J connectivity index is 1.80. The first-order valence-corrected chi connectivity index (χ1v) is 7.42. The van der Waals surface area contributed by atoms with E-state index in [1.165, 1.54) is 11.1 Å². The lowest BCUT2D eigenvalue weighted by molar-refractivity contribution is 0.188. The first-order chi connectivity index (χ1) is 10.2. The van der Waals surface area contributed by atoms with Gasteiger partial charge in [-0.3, -0.25) is 4.90 Å². The number of benzene rings is 1. The minimum absolute atomic E-state index is 0.288. The Hall–Kier alpha value is -1.65. The summed E-state index contributed by atoms with van der Waals surface area (Å²) >= 11 is 6.23. The van der Waals surface area contributed by atoms with Gasteiger partial charge in [0.25, 0.3) is 0 Å². The van der Waals surface area contributed by atoms with Crippen molar-refractivity contribution < 1.29 is 4.74 Å². The lowest BCUT2D eigenvalue weighted by Gasteiger charge is -2.33. The van der Waals surface area contributed by atoms with Gasteiger partial charge in [-0.15, -0.1) is 0 Å². The van der Waals surface area contributed by atoms with E-state index in [0.717, 1.165) is 25.2 Å². The van der Waals surface area contributed by atoms with Crippen LogP contribution in [-0.2, 0) is 13.0 Å². The predicted molar refractivity (Wildman–Crippen MR) is 82.6 cm³/mol. The van der Waals surface area contributed by atoms with Crippen molar-refractivity contribution in [1.82, 2.24) is 14.9 Å². The van der Waals surface area contributed by atoms with Gasteiger partial charge in [0.15, 0.2) is 0 Å². The molecule has 1 aliphatic heterocycles. The van der Waals surface area contributed by atoms with Gasteiger partial charge in [0.2, 0.25) is 0 Å². The maximum absolute atomic E-state index is 6.23. The van der Waals surface area contributed by atoms with Gasteiger partial charge in [-0.1, -0.05) is 17.7 Å². The molecule has 4 nitrogen and oxygen atoms in total. The van der Waals surface area contributed by atoms with E-state index in [1.54, 1.807) is 13.4 Å². The maximum atomic E-state index is 6.23. The van der Waals surface area contributed by atoms with E-state index in [1.807, 2.05) is 18.3 Å². The topological polar surface area (TPSA) is 38.2 Å². The fraction of sp³-hybridized carbons (Fsp3) is 0.375. The quantitative estimate of drug-likeness (QED) is 0.872. The highest BCUT2D eigenvalue weighted by atomic mass is 35.5. The van der Waals surface area contributed by atoms with E-state index in [-0.39, 0.29) is 6.04 Å². The molecule has 2 heterocycles. The molecule has 1 aromatic carbocycles. The highest BCUT2D eigenvalue weighted by Gasteiger charge is 2.23. The van der Waals surface area contributed by atoms with Crippen LogP contribution in [0.5, 0.6) is 5.75 Å².